The van der Waals surface area contributed by atoms with Crippen LogP contribution < -0.4 is 5.32 Å². The number of amidine groups is 1. The van der Waals surface area contributed by atoms with Crippen LogP contribution in [0.5, 0.6) is 0 Å². The van der Waals surface area contributed by atoms with Crippen LogP contribution in [-0.2, 0) is 13.5 Å². The Morgan fingerprint density at radius 3 is 3.25 bits per heavy atom. The quantitative estimate of drug-likeness (QED) is 0.931. The molecule has 2 fully saturated rings. The number of aromatic nitrogens is 2. The summed E-state index contributed by atoms with van der Waals surface area (Å²) in [4.78, 5) is 4.74. The molecular weight excluding hydrogens is 268 g/mol. The van der Waals surface area contributed by atoms with Gasteiger partial charge in [0, 0.05) is 43.2 Å². The van der Waals surface area contributed by atoms with Gasteiger partial charge in [-0.15, -0.1) is 0 Å². The Kier molecular flexibility index (Phi) is 4.06. The molecule has 1 aliphatic carbocycles. The first-order chi connectivity index (χ1) is 9.67. The second-order valence-electron chi connectivity index (χ2n) is 6.28. The molecule has 2 aliphatic rings. The zero-order valence-electron chi connectivity index (χ0n) is 12.4. The Balaban J connectivity index is 1.54. The fourth-order valence-corrected chi connectivity index (χ4v) is 4.63. The summed E-state index contributed by atoms with van der Waals surface area (Å²) in [6.45, 7) is 3.23. The molecule has 1 saturated carbocycles. The zero-order chi connectivity index (χ0) is 14.0. The summed E-state index contributed by atoms with van der Waals surface area (Å²) in [6, 6.07) is 2.07. The number of aryl methyl sites for hydroxylation is 1. The summed E-state index contributed by atoms with van der Waals surface area (Å²) in [5.74, 6) is 2.05. The molecule has 110 valence electrons. The van der Waals surface area contributed by atoms with Gasteiger partial charge in [0.15, 0.2) is 5.17 Å². The van der Waals surface area contributed by atoms with Crippen LogP contribution in [0.15, 0.2) is 17.3 Å². The molecule has 0 bridgehead atoms. The predicted molar refractivity (Wildman–Crippen MR) is 85.2 cm³/mol. The van der Waals surface area contributed by atoms with Crippen LogP contribution in [0.3, 0.4) is 0 Å². The van der Waals surface area contributed by atoms with Gasteiger partial charge in [0.05, 0.1) is 0 Å². The van der Waals surface area contributed by atoms with Crippen molar-refractivity contribution in [3.05, 3.63) is 18.0 Å². The smallest absolute Gasteiger partial charge is 0.157 e. The van der Waals surface area contributed by atoms with E-state index in [9.17, 15) is 0 Å². The summed E-state index contributed by atoms with van der Waals surface area (Å²) in [5, 5.41) is 9.07. The van der Waals surface area contributed by atoms with Crippen molar-refractivity contribution < 1.29 is 0 Å². The summed E-state index contributed by atoms with van der Waals surface area (Å²) in [6.07, 6.45) is 8.18. The molecule has 5 heteroatoms. The van der Waals surface area contributed by atoms with Gasteiger partial charge < -0.3 is 5.32 Å². The third kappa shape index (κ3) is 3.03. The lowest BCUT2D eigenvalue weighted by molar-refractivity contribution is 0.242. The molecule has 3 rings (SSSR count). The lowest BCUT2D eigenvalue weighted by atomic mass is 9.78. The molecule has 0 radical (unpaired) electrons. The number of hydrogen-bond acceptors (Lipinski definition) is 3. The van der Waals surface area contributed by atoms with E-state index in [4.69, 9.17) is 4.99 Å². The molecule has 1 spiro atoms. The average molecular weight is 292 g/mol. The highest BCUT2D eigenvalue weighted by Gasteiger charge is 2.40. The topological polar surface area (TPSA) is 42.2 Å². The maximum absolute atomic E-state index is 4.74. The molecule has 1 aromatic heterocycles. The fraction of sp³-hybridized carbons (Fsp3) is 0.733. The van der Waals surface area contributed by atoms with Gasteiger partial charge in [-0.3, -0.25) is 9.67 Å². The fourth-order valence-electron chi connectivity index (χ4n) is 3.41. The minimum absolute atomic E-state index is 0.341. The Bertz CT molecular complexity index is 496. The highest BCUT2D eigenvalue weighted by molar-refractivity contribution is 8.14. The molecule has 1 aliphatic heterocycles. The minimum atomic E-state index is 0.341. The first-order valence-electron chi connectivity index (χ1n) is 7.59. The Morgan fingerprint density at radius 2 is 2.50 bits per heavy atom. The average Bonchev–Trinajstić information content (AvgIpc) is 2.98. The zero-order valence-corrected chi connectivity index (χ0v) is 13.2. The van der Waals surface area contributed by atoms with Crippen LogP contribution in [0.1, 0.15) is 38.3 Å². The SMILES string of the molecule is CC1CCCC2(CSC(=NCCc3ccnn3C)N2)C1. The van der Waals surface area contributed by atoms with Crippen LogP contribution >= 0.6 is 11.8 Å². The van der Waals surface area contributed by atoms with Crippen molar-refractivity contribution in [2.75, 3.05) is 12.3 Å². The van der Waals surface area contributed by atoms with E-state index >= 15 is 0 Å². The van der Waals surface area contributed by atoms with Crippen molar-refractivity contribution in [1.29, 1.82) is 0 Å². The van der Waals surface area contributed by atoms with Crippen molar-refractivity contribution in [2.45, 2.75) is 44.6 Å². The molecule has 4 nitrogen and oxygen atoms in total. The summed E-state index contributed by atoms with van der Waals surface area (Å²) >= 11 is 1.91. The lowest BCUT2D eigenvalue weighted by Crippen LogP contribution is -2.47. The van der Waals surface area contributed by atoms with E-state index in [1.54, 1.807) is 0 Å². The molecule has 1 N–H and O–H groups in total. The summed E-state index contributed by atoms with van der Waals surface area (Å²) < 4.78 is 1.93. The number of nitrogens with zero attached hydrogens (tertiary/aromatic N) is 3. The van der Waals surface area contributed by atoms with E-state index in [-0.39, 0.29) is 0 Å². The van der Waals surface area contributed by atoms with Crippen molar-refractivity contribution in [1.82, 2.24) is 15.1 Å². The Hall–Kier alpha value is -0.970. The van der Waals surface area contributed by atoms with E-state index in [0.29, 0.717) is 5.54 Å². The Labute approximate surface area is 125 Å². The van der Waals surface area contributed by atoms with E-state index in [2.05, 4.69) is 23.4 Å². The van der Waals surface area contributed by atoms with Crippen molar-refractivity contribution in [3.63, 3.8) is 0 Å². The second-order valence-corrected chi connectivity index (χ2v) is 7.24. The highest BCUT2D eigenvalue weighted by Crippen LogP contribution is 2.38. The van der Waals surface area contributed by atoms with Gasteiger partial charge in [0.25, 0.3) is 0 Å². The molecule has 0 amide bonds. The van der Waals surface area contributed by atoms with Gasteiger partial charge in [0.1, 0.15) is 0 Å². The minimum Gasteiger partial charge on any atom is -0.359 e. The number of thioether (sulfide) groups is 1. The normalized spacial score (nSPS) is 31.9. The van der Waals surface area contributed by atoms with Gasteiger partial charge in [0.2, 0.25) is 0 Å². The van der Waals surface area contributed by atoms with E-state index in [1.165, 1.54) is 37.1 Å². The van der Waals surface area contributed by atoms with Gasteiger partial charge >= 0.3 is 0 Å². The maximum atomic E-state index is 4.74. The number of nitrogens with one attached hydrogen (secondary N) is 1. The van der Waals surface area contributed by atoms with E-state index < -0.39 is 0 Å². The molecule has 2 unspecified atom stereocenters. The summed E-state index contributed by atoms with van der Waals surface area (Å²) in [5.41, 5.74) is 1.59. The van der Waals surface area contributed by atoms with Crippen LogP contribution in [0.2, 0.25) is 0 Å². The number of rotatable bonds is 3. The molecular formula is C15H24N4S. The third-order valence-electron chi connectivity index (χ3n) is 4.49. The molecule has 0 aromatic carbocycles. The van der Waals surface area contributed by atoms with Crippen molar-refractivity contribution in [3.8, 4) is 0 Å². The van der Waals surface area contributed by atoms with Gasteiger partial charge in [-0.05, 0) is 24.8 Å². The third-order valence-corrected chi connectivity index (χ3v) is 5.70. The molecule has 2 heterocycles. The second kappa shape index (κ2) is 5.80. The largest absolute Gasteiger partial charge is 0.359 e. The van der Waals surface area contributed by atoms with Crippen LogP contribution in [-0.4, -0.2) is 32.8 Å². The molecule has 1 aromatic rings. The number of hydrogen-bond donors (Lipinski definition) is 1. The first kappa shape index (κ1) is 14.0. The van der Waals surface area contributed by atoms with Crippen LogP contribution in [0.25, 0.3) is 0 Å². The molecule has 1 saturated heterocycles. The van der Waals surface area contributed by atoms with Crippen molar-refractivity contribution in [2.24, 2.45) is 18.0 Å². The van der Waals surface area contributed by atoms with Gasteiger partial charge in [-0.25, -0.2) is 0 Å². The van der Waals surface area contributed by atoms with E-state index in [1.807, 2.05) is 29.7 Å². The molecule has 2 atom stereocenters. The predicted octanol–water partition coefficient (Wildman–Crippen LogP) is 2.60. The van der Waals surface area contributed by atoms with Crippen LogP contribution in [0.4, 0.5) is 0 Å². The van der Waals surface area contributed by atoms with Gasteiger partial charge in [-0.1, -0.05) is 31.5 Å². The summed E-state index contributed by atoms with van der Waals surface area (Å²) in [7, 11) is 1.99. The lowest BCUT2D eigenvalue weighted by Gasteiger charge is -2.36. The van der Waals surface area contributed by atoms with Crippen LogP contribution in [0, 0.1) is 5.92 Å². The van der Waals surface area contributed by atoms with Gasteiger partial charge in [-0.2, -0.15) is 5.10 Å². The highest BCUT2D eigenvalue weighted by atomic mass is 32.2. The number of aliphatic imine (C=N–C) groups is 1. The maximum Gasteiger partial charge on any atom is 0.157 e. The van der Waals surface area contributed by atoms with Crippen molar-refractivity contribution >= 4 is 16.9 Å². The Morgan fingerprint density at radius 1 is 1.60 bits per heavy atom. The van der Waals surface area contributed by atoms with E-state index in [0.717, 1.165) is 24.1 Å². The standard InChI is InChI=1S/C15H24N4S/c1-12-4-3-7-15(10-12)11-20-14(18-15)16-8-5-13-6-9-17-19(13)2/h6,9,12H,3-5,7-8,10-11H2,1-2H3,(H,16,18). The first-order valence-corrected chi connectivity index (χ1v) is 8.58. The monoisotopic (exact) mass is 292 g/mol. The molecule has 20 heavy (non-hydrogen) atoms.